The zero-order valence-corrected chi connectivity index (χ0v) is 10.8. The van der Waals surface area contributed by atoms with Gasteiger partial charge in [-0.05, 0) is 18.8 Å². The highest BCUT2D eigenvalue weighted by Crippen LogP contribution is 2.27. The van der Waals surface area contributed by atoms with Gasteiger partial charge in [0.2, 0.25) is 0 Å². The summed E-state index contributed by atoms with van der Waals surface area (Å²) in [5, 5.41) is 2.65. The van der Waals surface area contributed by atoms with Crippen LogP contribution in [-0.4, -0.2) is 25.1 Å². The van der Waals surface area contributed by atoms with Gasteiger partial charge in [-0.3, -0.25) is 0 Å². The summed E-state index contributed by atoms with van der Waals surface area (Å²) >= 11 is 0. The van der Waals surface area contributed by atoms with Crippen molar-refractivity contribution >= 4 is 11.6 Å². The number of pyridine rings is 1. The van der Waals surface area contributed by atoms with Crippen molar-refractivity contribution in [2.24, 2.45) is 5.92 Å². The molecule has 3 nitrogen and oxygen atoms in total. The summed E-state index contributed by atoms with van der Waals surface area (Å²) in [6.45, 7) is 3.73. The first-order chi connectivity index (χ1) is 8.65. The summed E-state index contributed by atoms with van der Waals surface area (Å²) in [7, 11) is 1.58. The van der Waals surface area contributed by atoms with Crippen LogP contribution in [0.1, 0.15) is 26.2 Å². The standard InChI is InChI=1S/C13H19F2N3/c1-3-9-5-4-6-18(8-9)13-11(15)7-10(14)12(16-2)17-13/h7,9H,3-6,8H2,1-2H3,(H,16,17). The Morgan fingerprint density at radius 1 is 1.44 bits per heavy atom. The van der Waals surface area contributed by atoms with E-state index in [2.05, 4.69) is 17.2 Å². The summed E-state index contributed by atoms with van der Waals surface area (Å²) < 4.78 is 27.2. The van der Waals surface area contributed by atoms with Gasteiger partial charge in [-0.15, -0.1) is 0 Å². The van der Waals surface area contributed by atoms with Crippen LogP contribution in [-0.2, 0) is 0 Å². The topological polar surface area (TPSA) is 28.2 Å². The van der Waals surface area contributed by atoms with E-state index < -0.39 is 11.6 Å². The van der Waals surface area contributed by atoms with E-state index >= 15 is 0 Å². The number of hydrogen-bond acceptors (Lipinski definition) is 3. The van der Waals surface area contributed by atoms with Crippen LogP contribution in [0.4, 0.5) is 20.4 Å². The molecule has 0 bridgehead atoms. The van der Waals surface area contributed by atoms with Crippen LogP contribution in [0.15, 0.2) is 6.07 Å². The van der Waals surface area contributed by atoms with Crippen molar-refractivity contribution in [1.82, 2.24) is 4.98 Å². The Balaban J connectivity index is 2.26. The number of hydrogen-bond donors (Lipinski definition) is 1. The molecule has 0 aromatic carbocycles. The van der Waals surface area contributed by atoms with Gasteiger partial charge in [0.25, 0.3) is 0 Å². The minimum absolute atomic E-state index is 0.102. The molecule has 18 heavy (non-hydrogen) atoms. The highest BCUT2D eigenvalue weighted by atomic mass is 19.1. The Labute approximate surface area is 106 Å². The molecule has 1 aliphatic rings. The third kappa shape index (κ3) is 2.54. The van der Waals surface area contributed by atoms with Gasteiger partial charge < -0.3 is 10.2 Å². The van der Waals surface area contributed by atoms with Crippen molar-refractivity contribution in [2.45, 2.75) is 26.2 Å². The predicted octanol–water partition coefficient (Wildman–Crippen LogP) is 3.03. The summed E-state index contributed by atoms with van der Waals surface area (Å²) in [6, 6.07) is 0.906. The number of rotatable bonds is 3. The third-order valence-electron chi connectivity index (χ3n) is 3.54. The maximum absolute atomic E-state index is 13.8. The third-order valence-corrected chi connectivity index (χ3v) is 3.54. The molecule has 1 atom stereocenters. The Kier molecular flexibility index (Phi) is 3.99. The van der Waals surface area contributed by atoms with E-state index in [-0.39, 0.29) is 11.6 Å². The molecular formula is C13H19F2N3. The van der Waals surface area contributed by atoms with Gasteiger partial charge in [-0.1, -0.05) is 13.3 Å². The van der Waals surface area contributed by atoms with Gasteiger partial charge in [0.05, 0.1) is 0 Å². The molecule has 1 aromatic rings. The van der Waals surface area contributed by atoms with Crippen LogP contribution >= 0.6 is 0 Å². The zero-order chi connectivity index (χ0) is 13.1. The molecule has 5 heteroatoms. The SMILES string of the molecule is CCC1CCCN(c2nc(NC)c(F)cc2F)C1. The molecule has 2 rings (SSSR count). The number of anilines is 2. The molecule has 0 radical (unpaired) electrons. The van der Waals surface area contributed by atoms with Gasteiger partial charge in [-0.2, -0.15) is 0 Å². The highest BCUT2D eigenvalue weighted by Gasteiger charge is 2.23. The van der Waals surface area contributed by atoms with Crippen molar-refractivity contribution < 1.29 is 8.78 Å². The molecule has 1 saturated heterocycles. The van der Waals surface area contributed by atoms with E-state index in [0.29, 0.717) is 5.92 Å². The fraction of sp³-hybridized carbons (Fsp3) is 0.615. The lowest BCUT2D eigenvalue weighted by Gasteiger charge is -2.33. The second-order valence-corrected chi connectivity index (χ2v) is 4.74. The fourth-order valence-corrected chi connectivity index (χ4v) is 2.44. The fourth-order valence-electron chi connectivity index (χ4n) is 2.44. The molecule has 1 unspecified atom stereocenters. The second kappa shape index (κ2) is 5.50. The number of nitrogens with zero attached hydrogens (tertiary/aromatic N) is 2. The lowest BCUT2D eigenvalue weighted by atomic mass is 9.96. The average Bonchev–Trinajstić information content (AvgIpc) is 2.39. The molecule has 0 aliphatic carbocycles. The van der Waals surface area contributed by atoms with Gasteiger partial charge in [-0.25, -0.2) is 13.8 Å². The van der Waals surface area contributed by atoms with Crippen molar-refractivity contribution in [3.05, 3.63) is 17.7 Å². The minimum Gasteiger partial charge on any atom is -0.371 e. The molecule has 1 aliphatic heterocycles. The second-order valence-electron chi connectivity index (χ2n) is 4.74. The van der Waals surface area contributed by atoms with E-state index in [4.69, 9.17) is 0 Å². The first-order valence-electron chi connectivity index (χ1n) is 6.44. The van der Waals surface area contributed by atoms with Crippen LogP contribution < -0.4 is 10.2 Å². The maximum Gasteiger partial charge on any atom is 0.168 e. The molecule has 0 saturated carbocycles. The van der Waals surface area contributed by atoms with Gasteiger partial charge >= 0.3 is 0 Å². The molecule has 1 aromatic heterocycles. The first-order valence-corrected chi connectivity index (χ1v) is 6.44. The van der Waals surface area contributed by atoms with E-state index in [0.717, 1.165) is 32.0 Å². The molecule has 100 valence electrons. The maximum atomic E-state index is 13.8. The van der Waals surface area contributed by atoms with Crippen molar-refractivity contribution in [3.8, 4) is 0 Å². The van der Waals surface area contributed by atoms with Crippen LogP contribution in [0, 0.1) is 17.6 Å². The first kappa shape index (κ1) is 13.1. The zero-order valence-electron chi connectivity index (χ0n) is 10.8. The van der Waals surface area contributed by atoms with Crippen molar-refractivity contribution in [2.75, 3.05) is 30.4 Å². The summed E-state index contributed by atoms with van der Waals surface area (Å²) in [6.07, 6.45) is 3.29. The summed E-state index contributed by atoms with van der Waals surface area (Å²) in [5.41, 5.74) is 0. The van der Waals surface area contributed by atoms with Crippen molar-refractivity contribution in [1.29, 1.82) is 0 Å². The Morgan fingerprint density at radius 2 is 2.22 bits per heavy atom. The van der Waals surface area contributed by atoms with Gasteiger partial charge in [0.1, 0.15) is 0 Å². The Bertz CT molecular complexity index is 423. The van der Waals surface area contributed by atoms with Crippen LogP contribution in [0.5, 0.6) is 0 Å². The quantitative estimate of drug-likeness (QED) is 0.899. The van der Waals surface area contributed by atoms with E-state index in [1.807, 2.05) is 4.90 Å². The number of halogens is 2. The van der Waals surface area contributed by atoms with Crippen molar-refractivity contribution in [3.63, 3.8) is 0 Å². The number of nitrogens with one attached hydrogen (secondary N) is 1. The molecular weight excluding hydrogens is 236 g/mol. The Morgan fingerprint density at radius 3 is 2.89 bits per heavy atom. The monoisotopic (exact) mass is 255 g/mol. The summed E-state index contributed by atoms with van der Waals surface area (Å²) in [5.74, 6) is -0.294. The highest BCUT2D eigenvalue weighted by molar-refractivity contribution is 5.49. The molecule has 1 N–H and O–H groups in total. The average molecular weight is 255 g/mol. The lowest BCUT2D eigenvalue weighted by molar-refractivity contribution is 0.399. The summed E-state index contributed by atoms with van der Waals surface area (Å²) in [4.78, 5) is 5.97. The van der Waals surface area contributed by atoms with E-state index in [1.165, 1.54) is 6.42 Å². The van der Waals surface area contributed by atoms with Crippen LogP contribution in [0.3, 0.4) is 0 Å². The van der Waals surface area contributed by atoms with E-state index in [9.17, 15) is 8.78 Å². The van der Waals surface area contributed by atoms with Crippen LogP contribution in [0.25, 0.3) is 0 Å². The minimum atomic E-state index is -0.650. The number of aromatic nitrogens is 1. The normalized spacial score (nSPS) is 20.0. The van der Waals surface area contributed by atoms with Gasteiger partial charge in [0, 0.05) is 26.2 Å². The smallest absolute Gasteiger partial charge is 0.168 e. The predicted molar refractivity (Wildman–Crippen MR) is 68.9 cm³/mol. The molecule has 1 fully saturated rings. The molecule has 0 amide bonds. The van der Waals surface area contributed by atoms with Crippen LogP contribution in [0.2, 0.25) is 0 Å². The largest absolute Gasteiger partial charge is 0.371 e. The Hall–Kier alpha value is -1.39. The molecule has 2 heterocycles. The molecule has 0 spiro atoms. The van der Waals surface area contributed by atoms with Gasteiger partial charge in [0.15, 0.2) is 23.3 Å². The number of piperidine rings is 1. The lowest BCUT2D eigenvalue weighted by Crippen LogP contribution is -2.36. The van der Waals surface area contributed by atoms with E-state index in [1.54, 1.807) is 7.05 Å².